The van der Waals surface area contributed by atoms with Crippen LogP contribution in [0.3, 0.4) is 0 Å². The lowest BCUT2D eigenvalue weighted by molar-refractivity contribution is 0.103. The number of allylic oxidation sites excluding steroid dienone is 1. The van der Waals surface area contributed by atoms with E-state index in [0.717, 1.165) is 22.6 Å². The molecule has 0 saturated carbocycles. The van der Waals surface area contributed by atoms with E-state index in [0.29, 0.717) is 23.1 Å². The van der Waals surface area contributed by atoms with Crippen molar-refractivity contribution >= 4 is 23.5 Å². The number of halogens is 1. The molecular formula is C22H21ClN2O3. The number of hydrogen-bond acceptors (Lipinski definition) is 4. The Morgan fingerprint density at radius 2 is 1.93 bits per heavy atom. The zero-order valence-electron chi connectivity index (χ0n) is 16.0. The van der Waals surface area contributed by atoms with Crippen LogP contribution >= 0.6 is 11.6 Å². The molecule has 0 saturated heterocycles. The van der Waals surface area contributed by atoms with Crippen LogP contribution < -0.4 is 9.47 Å². The van der Waals surface area contributed by atoms with Crippen LogP contribution in [0.1, 0.15) is 27.3 Å². The number of rotatable bonds is 7. The first-order valence-electron chi connectivity index (χ1n) is 8.74. The normalized spacial score (nSPS) is 11.0. The first kappa shape index (κ1) is 19.7. The van der Waals surface area contributed by atoms with Crippen LogP contribution in [-0.2, 0) is 13.7 Å². The molecule has 6 heteroatoms. The van der Waals surface area contributed by atoms with Gasteiger partial charge in [0.25, 0.3) is 0 Å². The average Bonchev–Trinajstić information content (AvgIpc) is 3.04. The number of ether oxygens (including phenoxy) is 2. The molecule has 0 radical (unpaired) electrons. The summed E-state index contributed by atoms with van der Waals surface area (Å²) in [6.07, 6.45) is 3.32. The Labute approximate surface area is 169 Å². The molecule has 0 aliphatic rings. The highest BCUT2D eigenvalue weighted by Gasteiger charge is 2.09. The number of nitrogens with zero attached hydrogens (tertiary/aromatic N) is 2. The van der Waals surface area contributed by atoms with Gasteiger partial charge in [-0.05, 0) is 61.0 Å². The number of methoxy groups -OCH3 is 1. The minimum absolute atomic E-state index is 0.0992. The summed E-state index contributed by atoms with van der Waals surface area (Å²) in [5, 5.41) is 4.86. The summed E-state index contributed by atoms with van der Waals surface area (Å²) in [6.45, 7) is 2.19. The Morgan fingerprint density at radius 1 is 1.18 bits per heavy atom. The number of ketones is 1. The van der Waals surface area contributed by atoms with Gasteiger partial charge in [0.2, 0.25) is 5.78 Å². The van der Waals surface area contributed by atoms with Crippen molar-refractivity contribution in [1.82, 2.24) is 9.78 Å². The summed E-state index contributed by atoms with van der Waals surface area (Å²) in [6, 6.07) is 14.6. The summed E-state index contributed by atoms with van der Waals surface area (Å²) in [5.74, 6) is 1.34. The van der Waals surface area contributed by atoms with Crippen molar-refractivity contribution in [2.45, 2.75) is 13.5 Å². The summed E-state index contributed by atoms with van der Waals surface area (Å²) < 4.78 is 12.8. The van der Waals surface area contributed by atoms with Gasteiger partial charge >= 0.3 is 0 Å². The van der Waals surface area contributed by atoms with Crippen LogP contribution in [0.25, 0.3) is 6.08 Å². The Balaban J connectivity index is 1.75. The number of carbonyl (C=O) groups is 1. The Morgan fingerprint density at radius 3 is 2.57 bits per heavy atom. The molecule has 28 heavy (non-hydrogen) atoms. The third-order valence-corrected chi connectivity index (χ3v) is 4.45. The fourth-order valence-electron chi connectivity index (χ4n) is 2.81. The van der Waals surface area contributed by atoms with Crippen molar-refractivity contribution in [3.63, 3.8) is 0 Å². The molecule has 0 fully saturated rings. The van der Waals surface area contributed by atoms with E-state index in [2.05, 4.69) is 5.10 Å². The maximum absolute atomic E-state index is 12.4. The van der Waals surface area contributed by atoms with Crippen LogP contribution in [-0.4, -0.2) is 22.7 Å². The van der Waals surface area contributed by atoms with Crippen molar-refractivity contribution < 1.29 is 14.3 Å². The summed E-state index contributed by atoms with van der Waals surface area (Å²) in [7, 11) is 3.37. The van der Waals surface area contributed by atoms with E-state index in [4.69, 9.17) is 21.1 Å². The van der Waals surface area contributed by atoms with E-state index >= 15 is 0 Å². The molecule has 3 aromatic rings. The lowest BCUT2D eigenvalue weighted by atomic mass is 10.1. The van der Waals surface area contributed by atoms with Crippen molar-refractivity contribution in [2.75, 3.05) is 7.11 Å². The fourth-order valence-corrected chi connectivity index (χ4v) is 2.93. The molecule has 2 aromatic carbocycles. The molecule has 5 nitrogen and oxygen atoms in total. The number of benzene rings is 2. The molecule has 144 valence electrons. The highest BCUT2D eigenvalue weighted by Crippen LogP contribution is 2.24. The SMILES string of the molecule is COc1ccc(/C=C/C(=O)c2cc(C)nn2C)cc1COc1ccc(Cl)cc1. The van der Waals surface area contributed by atoms with E-state index in [9.17, 15) is 4.79 Å². The Bertz CT molecular complexity index is 1010. The van der Waals surface area contributed by atoms with Crippen molar-refractivity contribution in [2.24, 2.45) is 7.05 Å². The molecule has 1 aromatic heterocycles. The summed E-state index contributed by atoms with van der Waals surface area (Å²) in [4.78, 5) is 12.4. The second-order valence-corrected chi connectivity index (χ2v) is 6.74. The number of aryl methyl sites for hydroxylation is 2. The van der Waals surface area contributed by atoms with Crippen LogP contribution in [0.2, 0.25) is 5.02 Å². The van der Waals surface area contributed by atoms with Gasteiger partial charge in [0.1, 0.15) is 23.8 Å². The molecule has 0 aliphatic heterocycles. The van der Waals surface area contributed by atoms with Gasteiger partial charge in [-0.2, -0.15) is 5.10 Å². The van der Waals surface area contributed by atoms with Crippen LogP contribution in [0.15, 0.2) is 54.6 Å². The van der Waals surface area contributed by atoms with Crippen molar-refractivity contribution in [1.29, 1.82) is 0 Å². The van der Waals surface area contributed by atoms with E-state index in [1.165, 1.54) is 0 Å². The van der Waals surface area contributed by atoms with E-state index < -0.39 is 0 Å². The van der Waals surface area contributed by atoms with Crippen LogP contribution in [0.4, 0.5) is 0 Å². The maximum Gasteiger partial charge on any atom is 0.203 e. The minimum atomic E-state index is -0.0992. The molecule has 0 atom stereocenters. The average molecular weight is 397 g/mol. The van der Waals surface area contributed by atoms with Crippen molar-refractivity contribution in [3.8, 4) is 11.5 Å². The Hall–Kier alpha value is -3.05. The second-order valence-electron chi connectivity index (χ2n) is 6.31. The van der Waals surface area contributed by atoms with Gasteiger partial charge in [0.05, 0.1) is 12.8 Å². The Kier molecular flexibility index (Phi) is 6.16. The predicted octanol–water partition coefficient (Wildman–Crippen LogP) is 4.87. The number of aromatic nitrogens is 2. The minimum Gasteiger partial charge on any atom is -0.496 e. The zero-order valence-corrected chi connectivity index (χ0v) is 16.7. The third kappa shape index (κ3) is 4.81. The molecule has 0 spiro atoms. The summed E-state index contributed by atoms with van der Waals surface area (Å²) >= 11 is 5.90. The summed E-state index contributed by atoms with van der Waals surface area (Å²) in [5.41, 5.74) is 3.12. The van der Waals surface area contributed by atoms with Gasteiger partial charge in [-0.3, -0.25) is 9.48 Å². The van der Waals surface area contributed by atoms with E-state index in [1.807, 2.05) is 37.3 Å². The van der Waals surface area contributed by atoms with Gasteiger partial charge in [0, 0.05) is 17.6 Å². The van der Waals surface area contributed by atoms with Gasteiger partial charge in [-0.1, -0.05) is 23.7 Å². The molecule has 0 N–H and O–H groups in total. The molecular weight excluding hydrogens is 376 g/mol. The third-order valence-electron chi connectivity index (χ3n) is 4.19. The topological polar surface area (TPSA) is 53.3 Å². The zero-order chi connectivity index (χ0) is 20.1. The lowest BCUT2D eigenvalue weighted by Gasteiger charge is -2.11. The quantitative estimate of drug-likeness (QED) is 0.422. The number of hydrogen-bond donors (Lipinski definition) is 0. The maximum atomic E-state index is 12.4. The van der Waals surface area contributed by atoms with Gasteiger partial charge in [-0.15, -0.1) is 0 Å². The van der Waals surface area contributed by atoms with Crippen LogP contribution in [0, 0.1) is 6.92 Å². The standard InChI is InChI=1S/C22H21ClN2O3/c1-15-12-20(25(2)24-15)21(26)10-4-16-5-11-22(27-3)17(13-16)14-28-19-8-6-18(23)7-9-19/h4-13H,14H2,1-3H3/b10-4+. The molecule has 0 unspecified atom stereocenters. The monoisotopic (exact) mass is 396 g/mol. The van der Waals surface area contributed by atoms with Gasteiger partial charge in [0.15, 0.2) is 0 Å². The van der Waals surface area contributed by atoms with Gasteiger partial charge in [-0.25, -0.2) is 0 Å². The van der Waals surface area contributed by atoms with Gasteiger partial charge < -0.3 is 9.47 Å². The smallest absolute Gasteiger partial charge is 0.203 e. The first-order chi connectivity index (χ1) is 13.5. The van der Waals surface area contributed by atoms with Crippen LogP contribution in [0.5, 0.6) is 11.5 Å². The van der Waals surface area contributed by atoms with Crippen molar-refractivity contribution in [3.05, 3.63) is 82.1 Å². The molecule has 0 bridgehead atoms. The first-order valence-corrected chi connectivity index (χ1v) is 9.12. The van der Waals surface area contributed by atoms with E-state index in [-0.39, 0.29) is 5.78 Å². The second kappa shape index (κ2) is 8.76. The lowest BCUT2D eigenvalue weighted by Crippen LogP contribution is -2.04. The highest BCUT2D eigenvalue weighted by atomic mass is 35.5. The highest BCUT2D eigenvalue weighted by molar-refractivity contribution is 6.30. The molecule has 3 rings (SSSR count). The fraction of sp³-hybridized carbons (Fsp3) is 0.182. The number of carbonyl (C=O) groups excluding carboxylic acids is 1. The molecule has 0 aliphatic carbocycles. The molecule has 1 heterocycles. The predicted molar refractivity (Wildman–Crippen MR) is 110 cm³/mol. The van der Waals surface area contributed by atoms with E-state index in [1.54, 1.807) is 49.2 Å². The molecule has 0 amide bonds. The largest absolute Gasteiger partial charge is 0.496 e.